The molecule has 1 aliphatic rings. The van der Waals surface area contributed by atoms with Crippen LogP contribution < -0.4 is 4.74 Å². The summed E-state index contributed by atoms with van der Waals surface area (Å²) in [7, 11) is 0. The van der Waals surface area contributed by atoms with E-state index in [1.807, 2.05) is 0 Å². The lowest BCUT2D eigenvalue weighted by Gasteiger charge is -2.23. The van der Waals surface area contributed by atoms with Crippen LogP contribution in [0.15, 0.2) is 40.1 Å². The second kappa shape index (κ2) is 5.73. The third-order valence-corrected chi connectivity index (χ3v) is 4.40. The lowest BCUT2D eigenvalue weighted by Crippen LogP contribution is -2.13. The number of ketones is 1. The van der Waals surface area contributed by atoms with Crippen LogP contribution in [0.5, 0.6) is 5.75 Å². The summed E-state index contributed by atoms with van der Waals surface area (Å²) in [5, 5.41) is 0. The Bertz CT molecular complexity index is 847. The van der Waals surface area contributed by atoms with E-state index < -0.39 is 39.7 Å². The molecular weight excluding hydrogens is 332 g/mol. The normalized spacial score (nSPS) is 13.6. The van der Waals surface area contributed by atoms with Crippen molar-refractivity contribution in [2.24, 2.45) is 0 Å². The molecule has 0 saturated carbocycles. The number of hydrogen-bond donors (Lipinski definition) is 0. The molecule has 0 bridgehead atoms. The third kappa shape index (κ3) is 2.50. The van der Waals surface area contributed by atoms with E-state index >= 15 is 0 Å². The highest BCUT2D eigenvalue weighted by molar-refractivity contribution is 8.04. The molecule has 0 aromatic heterocycles. The maximum absolute atomic E-state index is 13.9. The molecule has 3 rings (SSSR count). The predicted octanol–water partition coefficient (Wildman–Crippen LogP) is 4.69. The molecule has 0 N–H and O–H groups in total. The number of carbonyl (C=O) groups excluding carboxylic acids is 1. The first kappa shape index (κ1) is 15.6. The van der Waals surface area contributed by atoms with Gasteiger partial charge in [0.25, 0.3) is 0 Å². The van der Waals surface area contributed by atoms with Crippen molar-refractivity contribution in [1.82, 2.24) is 0 Å². The zero-order valence-electron chi connectivity index (χ0n) is 11.6. The number of thioether (sulfide) groups is 1. The molecule has 1 aliphatic heterocycles. The minimum atomic E-state index is -1.96. The fraction of sp³-hybridized carbons (Fsp3) is 0.0625. The fourth-order valence-corrected chi connectivity index (χ4v) is 3.09. The summed E-state index contributed by atoms with van der Waals surface area (Å²) in [5.74, 6) is -8.39. The smallest absolute Gasteiger partial charge is 0.205 e. The third-order valence-electron chi connectivity index (χ3n) is 3.15. The zero-order chi connectivity index (χ0) is 16.7. The van der Waals surface area contributed by atoms with Crippen LogP contribution in [0.2, 0.25) is 0 Å². The molecule has 0 saturated heterocycles. The average Bonchev–Trinajstić information content (AvgIpc) is 2.57. The molecular formula is C16H8F4O2S. The topological polar surface area (TPSA) is 26.3 Å². The monoisotopic (exact) mass is 340 g/mol. The van der Waals surface area contributed by atoms with Crippen LogP contribution in [0.4, 0.5) is 17.6 Å². The minimum Gasteiger partial charge on any atom is -0.451 e. The van der Waals surface area contributed by atoms with Gasteiger partial charge >= 0.3 is 0 Å². The van der Waals surface area contributed by atoms with Gasteiger partial charge in [0.1, 0.15) is 0 Å². The van der Waals surface area contributed by atoms with E-state index in [9.17, 15) is 22.4 Å². The van der Waals surface area contributed by atoms with Gasteiger partial charge in [-0.15, -0.1) is 0 Å². The van der Waals surface area contributed by atoms with Crippen molar-refractivity contribution in [2.75, 3.05) is 0 Å². The van der Waals surface area contributed by atoms with Crippen molar-refractivity contribution < 1.29 is 27.1 Å². The van der Waals surface area contributed by atoms with Gasteiger partial charge in [-0.3, -0.25) is 4.79 Å². The lowest BCUT2D eigenvalue weighted by molar-refractivity contribution is -0.113. The average molecular weight is 340 g/mol. The number of ether oxygens (including phenoxy) is 1. The van der Waals surface area contributed by atoms with Crippen LogP contribution in [-0.4, -0.2) is 5.78 Å². The molecule has 0 fully saturated rings. The molecule has 0 atom stereocenters. The molecule has 0 radical (unpaired) electrons. The maximum atomic E-state index is 13.9. The van der Waals surface area contributed by atoms with Crippen LogP contribution >= 0.6 is 11.8 Å². The highest BCUT2D eigenvalue weighted by atomic mass is 32.2. The Kier molecular flexibility index (Phi) is 3.89. The lowest BCUT2D eigenvalue weighted by atomic mass is 10.1. The van der Waals surface area contributed by atoms with Gasteiger partial charge in [-0.25, -0.2) is 13.2 Å². The van der Waals surface area contributed by atoms with Gasteiger partial charge < -0.3 is 4.74 Å². The van der Waals surface area contributed by atoms with Crippen molar-refractivity contribution in [3.8, 4) is 5.75 Å². The Hall–Kier alpha value is -2.28. The summed E-state index contributed by atoms with van der Waals surface area (Å²) < 4.78 is 59.8. The van der Waals surface area contributed by atoms with Crippen molar-refractivity contribution in [1.29, 1.82) is 0 Å². The number of allylic oxidation sites excluding steroid dienone is 1. The van der Waals surface area contributed by atoms with Gasteiger partial charge in [-0.1, -0.05) is 42.1 Å². The summed E-state index contributed by atoms with van der Waals surface area (Å²) in [6.45, 7) is 1.22. The minimum absolute atomic E-state index is 0.0204. The molecule has 0 unspecified atom stereocenters. The molecule has 1 heterocycles. The van der Waals surface area contributed by atoms with Crippen LogP contribution in [-0.2, 0) is 4.79 Å². The first-order valence-electron chi connectivity index (χ1n) is 6.44. The first-order valence-corrected chi connectivity index (χ1v) is 7.25. The molecule has 7 heteroatoms. The summed E-state index contributed by atoms with van der Waals surface area (Å²) in [6, 6.07) is 8.23. The summed E-state index contributed by atoms with van der Waals surface area (Å²) in [5.41, 5.74) is 0.431. The van der Waals surface area contributed by atoms with Crippen molar-refractivity contribution in [3.05, 3.63) is 64.1 Å². The molecule has 23 heavy (non-hydrogen) atoms. The van der Waals surface area contributed by atoms with E-state index in [1.165, 1.54) is 6.92 Å². The van der Waals surface area contributed by atoms with Gasteiger partial charge in [-0.05, 0) is 6.92 Å². The zero-order valence-corrected chi connectivity index (χ0v) is 12.4. The van der Waals surface area contributed by atoms with Crippen LogP contribution in [0, 0.1) is 23.3 Å². The number of Topliss-reactive ketones (excluding diaryl/α,β-unsaturated/α-hetero) is 1. The summed E-state index contributed by atoms with van der Waals surface area (Å²) in [6.07, 6.45) is 0. The fourth-order valence-electron chi connectivity index (χ4n) is 2.08. The Morgan fingerprint density at radius 3 is 2.17 bits per heavy atom. The van der Waals surface area contributed by atoms with Crippen LogP contribution in [0.1, 0.15) is 12.5 Å². The van der Waals surface area contributed by atoms with Crippen LogP contribution in [0.3, 0.4) is 0 Å². The Balaban J connectivity index is 2.23. The highest BCUT2D eigenvalue weighted by Gasteiger charge is 2.34. The maximum Gasteiger partial charge on any atom is 0.205 e. The second-order valence-corrected chi connectivity index (χ2v) is 5.72. The number of hydrogen-bond acceptors (Lipinski definition) is 3. The van der Waals surface area contributed by atoms with E-state index in [0.717, 1.165) is 0 Å². The number of rotatable bonds is 2. The summed E-state index contributed by atoms with van der Waals surface area (Å²) >= 11 is 0.515. The Labute approximate surface area is 132 Å². The second-order valence-electron chi connectivity index (χ2n) is 4.70. The Morgan fingerprint density at radius 1 is 0.957 bits per heavy atom. The van der Waals surface area contributed by atoms with E-state index in [2.05, 4.69) is 0 Å². The molecule has 0 spiro atoms. The molecule has 0 aliphatic carbocycles. The predicted molar refractivity (Wildman–Crippen MR) is 76.8 cm³/mol. The SMILES string of the molecule is CC(=O)C1=C(c2ccccc2)Oc2c(F)c(F)c(F)c(F)c2S1. The first-order chi connectivity index (χ1) is 10.9. The van der Waals surface area contributed by atoms with E-state index in [1.54, 1.807) is 30.3 Å². The van der Waals surface area contributed by atoms with Crippen molar-refractivity contribution in [3.63, 3.8) is 0 Å². The van der Waals surface area contributed by atoms with Gasteiger partial charge in [0.15, 0.2) is 28.9 Å². The van der Waals surface area contributed by atoms with Crippen LogP contribution in [0.25, 0.3) is 5.76 Å². The van der Waals surface area contributed by atoms with Gasteiger partial charge in [0.2, 0.25) is 11.6 Å². The summed E-state index contributed by atoms with van der Waals surface area (Å²) in [4.78, 5) is 11.2. The number of benzene rings is 2. The molecule has 2 aromatic rings. The highest BCUT2D eigenvalue weighted by Crippen LogP contribution is 2.48. The van der Waals surface area contributed by atoms with Crippen molar-refractivity contribution in [2.45, 2.75) is 11.8 Å². The largest absolute Gasteiger partial charge is 0.451 e. The van der Waals surface area contributed by atoms with Gasteiger partial charge in [-0.2, -0.15) is 4.39 Å². The molecule has 0 amide bonds. The van der Waals surface area contributed by atoms with Gasteiger partial charge in [0, 0.05) is 5.56 Å². The van der Waals surface area contributed by atoms with Crippen molar-refractivity contribution >= 4 is 23.3 Å². The number of halogens is 4. The quantitative estimate of drug-likeness (QED) is 0.451. The number of fused-ring (bicyclic) bond motifs is 1. The van der Waals surface area contributed by atoms with E-state index in [0.29, 0.717) is 17.3 Å². The van der Waals surface area contributed by atoms with E-state index in [-0.39, 0.29) is 10.7 Å². The van der Waals surface area contributed by atoms with E-state index in [4.69, 9.17) is 4.74 Å². The molecule has 2 nitrogen and oxygen atoms in total. The van der Waals surface area contributed by atoms with Gasteiger partial charge in [0.05, 0.1) is 9.80 Å². The molecule has 2 aromatic carbocycles. The number of carbonyl (C=O) groups is 1. The standard InChI is InChI=1S/C16H8F4O2S/c1-7(21)15-13(8-5-3-2-4-6-8)22-14-11(19)9(17)10(18)12(20)16(14)23-15/h2-6H,1H3. The molecule has 118 valence electrons. The Morgan fingerprint density at radius 2 is 1.57 bits per heavy atom.